The summed E-state index contributed by atoms with van der Waals surface area (Å²) in [5.41, 5.74) is 1.18. The molecule has 1 fully saturated rings. The van der Waals surface area contributed by atoms with Gasteiger partial charge in [0.2, 0.25) is 11.8 Å². The van der Waals surface area contributed by atoms with Gasteiger partial charge in [0.15, 0.2) is 0 Å². The standard InChI is InChI=1S/C18H27N5O4/c1-3-6-19-17(24)12-21-7-9-22(10-8-21)13-18(25)20-16-11-15(23(26)27)5-4-14(16)2/h4-5,11H,3,6-10,12-13H2,1-2H3,(H,19,24)(H,20,25). The summed E-state index contributed by atoms with van der Waals surface area (Å²) in [5.74, 6) is -0.170. The van der Waals surface area contributed by atoms with E-state index in [0.717, 1.165) is 25.1 Å². The smallest absolute Gasteiger partial charge is 0.271 e. The number of nitro benzene ring substituents is 1. The van der Waals surface area contributed by atoms with E-state index in [9.17, 15) is 19.7 Å². The highest BCUT2D eigenvalue weighted by atomic mass is 16.6. The Balaban J connectivity index is 1.79. The molecule has 27 heavy (non-hydrogen) atoms. The van der Waals surface area contributed by atoms with Crippen LogP contribution >= 0.6 is 0 Å². The van der Waals surface area contributed by atoms with Crippen LogP contribution in [0.5, 0.6) is 0 Å². The Bertz CT molecular complexity index is 686. The molecular weight excluding hydrogens is 350 g/mol. The molecule has 0 saturated carbocycles. The van der Waals surface area contributed by atoms with Crippen molar-refractivity contribution in [2.24, 2.45) is 0 Å². The van der Waals surface area contributed by atoms with Gasteiger partial charge in [-0.25, -0.2) is 0 Å². The van der Waals surface area contributed by atoms with Crippen LogP contribution in [0.4, 0.5) is 11.4 Å². The summed E-state index contributed by atoms with van der Waals surface area (Å²) in [6.07, 6.45) is 0.915. The molecule has 0 bridgehead atoms. The third-order valence-electron chi connectivity index (χ3n) is 4.48. The number of piperazine rings is 1. The number of nitrogens with zero attached hydrogens (tertiary/aromatic N) is 3. The number of hydrogen-bond acceptors (Lipinski definition) is 6. The fourth-order valence-corrected chi connectivity index (χ4v) is 2.88. The number of benzene rings is 1. The van der Waals surface area contributed by atoms with Crippen LogP contribution in [0.2, 0.25) is 0 Å². The highest BCUT2D eigenvalue weighted by molar-refractivity contribution is 5.93. The molecular formula is C18H27N5O4. The second-order valence-electron chi connectivity index (χ2n) is 6.71. The molecule has 1 heterocycles. The first-order chi connectivity index (χ1) is 12.9. The van der Waals surface area contributed by atoms with Crippen molar-refractivity contribution in [3.05, 3.63) is 33.9 Å². The third kappa shape index (κ3) is 6.61. The van der Waals surface area contributed by atoms with Crippen LogP contribution in [0.1, 0.15) is 18.9 Å². The Morgan fingerprint density at radius 1 is 1.11 bits per heavy atom. The van der Waals surface area contributed by atoms with E-state index in [2.05, 4.69) is 15.5 Å². The SMILES string of the molecule is CCCNC(=O)CN1CCN(CC(=O)Nc2cc([N+](=O)[O-])ccc2C)CC1. The molecule has 2 amide bonds. The number of anilines is 1. The first-order valence-electron chi connectivity index (χ1n) is 9.15. The number of rotatable bonds is 8. The van der Waals surface area contributed by atoms with Crippen molar-refractivity contribution < 1.29 is 14.5 Å². The van der Waals surface area contributed by atoms with Gasteiger partial charge >= 0.3 is 0 Å². The van der Waals surface area contributed by atoms with Crippen molar-refractivity contribution >= 4 is 23.2 Å². The normalized spacial score (nSPS) is 15.3. The molecule has 0 atom stereocenters. The van der Waals surface area contributed by atoms with E-state index in [0.29, 0.717) is 31.9 Å². The highest BCUT2D eigenvalue weighted by Crippen LogP contribution is 2.21. The lowest BCUT2D eigenvalue weighted by molar-refractivity contribution is -0.384. The minimum Gasteiger partial charge on any atom is -0.355 e. The van der Waals surface area contributed by atoms with Crippen LogP contribution in [0.15, 0.2) is 18.2 Å². The number of carbonyl (C=O) groups excluding carboxylic acids is 2. The minimum absolute atomic E-state index is 0.0317. The largest absolute Gasteiger partial charge is 0.355 e. The van der Waals surface area contributed by atoms with Crippen molar-refractivity contribution in [2.45, 2.75) is 20.3 Å². The second kappa shape index (κ2) is 9.98. The third-order valence-corrected chi connectivity index (χ3v) is 4.48. The van der Waals surface area contributed by atoms with Gasteiger partial charge in [-0.15, -0.1) is 0 Å². The predicted octanol–water partition coefficient (Wildman–Crippen LogP) is 0.986. The van der Waals surface area contributed by atoms with Gasteiger partial charge in [-0.05, 0) is 18.9 Å². The Morgan fingerprint density at radius 2 is 1.70 bits per heavy atom. The predicted molar refractivity (Wildman–Crippen MR) is 103 cm³/mol. The number of carbonyl (C=O) groups is 2. The zero-order valence-electron chi connectivity index (χ0n) is 15.9. The summed E-state index contributed by atoms with van der Waals surface area (Å²) in [5, 5.41) is 16.5. The summed E-state index contributed by atoms with van der Waals surface area (Å²) in [7, 11) is 0. The van der Waals surface area contributed by atoms with Gasteiger partial charge in [0.25, 0.3) is 5.69 Å². The van der Waals surface area contributed by atoms with Crippen LogP contribution in [0, 0.1) is 17.0 Å². The first-order valence-corrected chi connectivity index (χ1v) is 9.15. The summed E-state index contributed by atoms with van der Waals surface area (Å²) >= 11 is 0. The number of nitrogens with one attached hydrogen (secondary N) is 2. The molecule has 0 spiro atoms. The van der Waals surface area contributed by atoms with E-state index in [-0.39, 0.29) is 24.0 Å². The highest BCUT2D eigenvalue weighted by Gasteiger charge is 2.21. The molecule has 0 unspecified atom stereocenters. The van der Waals surface area contributed by atoms with Crippen molar-refractivity contribution in [3.8, 4) is 0 Å². The molecule has 9 heteroatoms. The lowest BCUT2D eigenvalue weighted by atomic mass is 10.2. The minimum atomic E-state index is -0.481. The Labute approximate surface area is 158 Å². The summed E-state index contributed by atoms with van der Waals surface area (Å²) < 4.78 is 0. The van der Waals surface area contributed by atoms with E-state index in [1.165, 1.54) is 12.1 Å². The number of hydrogen-bond donors (Lipinski definition) is 2. The maximum Gasteiger partial charge on any atom is 0.271 e. The van der Waals surface area contributed by atoms with Gasteiger partial charge in [-0.2, -0.15) is 0 Å². The molecule has 2 N–H and O–H groups in total. The van der Waals surface area contributed by atoms with Crippen molar-refractivity contribution in [1.82, 2.24) is 15.1 Å². The van der Waals surface area contributed by atoms with E-state index in [1.807, 2.05) is 11.8 Å². The molecule has 1 aliphatic rings. The maximum atomic E-state index is 12.3. The van der Waals surface area contributed by atoms with Crippen LogP contribution in [0.3, 0.4) is 0 Å². The number of nitro groups is 1. The fraction of sp³-hybridized carbons (Fsp3) is 0.556. The quantitative estimate of drug-likeness (QED) is 0.517. The summed E-state index contributed by atoms with van der Waals surface area (Å²) in [6.45, 7) is 7.94. The number of non-ortho nitro benzene ring substituents is 1. The number of amides is 2. The lowest BCUT2D eigenvalue weighted by Gasteiger charge is -2.33. The first kappa shape index (κ1) is 20.8. The van der Waals surface area contributed by atoms with Crippen molar-refractivity contribution in [3.63, 3.8) is 0 Å². The van der Waals surface area contributed by atoms with Crippen LogP contribution < -0.4 is 10.6 Å². The van der Waals surface area contributed by atoms with E-state index < -0.39 is 4.92 Å². The Hall–Kier alpha value is -2.52. The van der Waals surface area contributed by atoms with E-state index in [4.69, 9.17) is 0 Å². The van der Waals surface area contributed by atoms with Crippen molar-refractivity contribution in [2.75, 3.05) is 51.1 Å². The molecule has 0 radical (unpaired) electrons. The molecule has 0 aromatic heterocycles. The monoisotopic (exact) mass is 377 g/mol. The van der Waals surface area contributed by atoms with Gasteiger partial charge in [0.05, 0.1) is 23.7 Å². The molecule has 1 aromatic carbocycles. The van der Waals surface area contributed by atoms with E-state index >= 15 is 0 Å². The van der Waals surface area contributed by atoms with E-state index in [1.54, 1.807) is 13.0 Å². The summed E-state index contributed by atoms with van der Waals surface area (Å²) in [4.78, 5) is 38.5. The molecule has 2 rings (SSSR count). The zero-order chi connectivity index (χ0) is 19.8. The molecule has 1 saturated heterocycles. The van der Waals surface area contributed by atoms with Crippen LogP contribution in [-0.4, -0.2) is 72.4 Å². The molecule has 1 aliphatic heterocycles. The van der Waals surface area contributed by atoms with Crippen LogP contribution in [0.25, 0.3) is 0 Å². The molecule has 148 valence electrons. The molecule has 1 aromatic rings. The zero-order valence-corrected chi connectivity index (χ0v) is 15.9. The average Bonchev–Trinajstić information content (AvgIpc) is 2.63. The van der Waals surface area contributed by atoms with Gasteiger partial charge in [0.1, 0.15) is 0 Å². The average molecular weight is 377 g/mol. The lowest BCUT2D eigenvalue weighted by Crippen LogP contribution is -2.51. The Morgan fingerprint density at radius 3 is 2.26 bits per heavy atom. The van der Waals surface area contributed by atoms with Gasteiger partial charge < -0.3 is 10.6 Å². The van der Waals surface area contributed by atoms with Crippen LogP contribution in [-0.2, 0) is 9.59 Å². The van der Waals surface area contributed by atoms with Gasteiger partial charge in [-0.1, -0.05) is 13.0 Å². The maximum absolute atomic E-state index is 12.3. The second-order valence-corrected chi connectivity index (χ2v) is 6.71. The fourth-order valence-electron chi connectivity index (χ4n) is 2.88. The summed E-state index contributed by atoms with van der Waals surface area (Å²) in [6, 6.07) is 4.41. The topological polar surface area (TPSA) is 108 Å². The van der Waals surface area contributed by atoms with Gasteiger partial charge in [0, 0.05) is 44.9 Å². The molecule has 0 aliphatic carbocycles. The molecule has 9 nitrogen and oxygen atoms in total. The Kier molecular flexibility index (Phi) is 7.68. The number of aryl methyl sites for hydroxylation is 1. The van der Waals surface area contributed by atoms with Crippen molar-refractivity contribution in [1.29, 1.82) is 0 Å². The van der Waals surface area contributed by atoms with Gasteiger partial charge in [-0.3, -0.25) is 29.5 Å².